The van der Waals surface area contributed by atoms with Crippen molar-refractivity contribution < 1.29 is 5.21 Å². The molecule has 0 fully saturated rings. The van der Waals surface area contributed by atoms with E-state index >= 15 is 0 Å². The Morgan fingerprint density at radius 3 is 2.77 bits per heavy atom. The van der Waals surface area contributed by atoms with Gasteiger partial charge in [0.2, 0.25) is 0 Å². The molecule has 0 aliphatic heterocycles. The highest BCUT2D eigenvalue weighted by Crippen LogP contribution is 2.10. The predicted octanol–water partition coefficient (Wildman–Crippen LogP) is 0.695. The first kappa shape index (κ1) is 9.44. The molecule has 0 bridgehead atoms. The van der Waals surface area contributed by atoms with Crippen molar-refractivity contribution in [3.05, 3.63) is 23.8 Å². The summed E-state index contributed by atoms with van der Waals surface area (Å²) in [6, 6.07) is 1.71. The molecule has 1 rings (SSSR count). The van der Waals surface area contributed by atoms with E-state index in [0.717, 1.165) is 5.69 Å². The van der Waals surface area contributed by atoms with Gasteiger partial charge in [0.1, 0.15) is 12.0 Å². The summed E-state index contributed by atoms with van der Waals surface area (Å²) in [5.74, 6) is 0.303. The second kappa shape index (κ2) is 3.84. The zero-order valence-corrected chi connectivity index (χ0v) is 7.60. The van der Waals surface area contributed by atoms with E-state index in [2.05, 4.69) is 15.1 Å². The molecule has 1 aromatic heterocycles. The molecule has 5 heteroatoms. The molecular weight excluding hydrogens is 168 g/mol. The summed E-state index contributed by atoms with van der Waals surface area (Å²) in [5.41, 5.74) is 6.69. The molecule has 0 radical (unpaired) electrons. The van der Waals surface area contributed by atoms with E-state index in [1.807, 2.05) is 13.8 Å². The molecule has 0 aliphatic carbocycles. The van der Waals surface area contributed by atoms with Crippen LogP contribution in [-0.4, -0.2) is 21.0 Å². The molecule has 3 N–H and O–H groups in total. The summed E-state index contributed by atoms with van der Waals surface area (Å²) in [6.07, 6.45) is 1.41. The first-order chi connectivity index (χ1) is 6.15. The van der Waals surface area contributed by atoms with Crippen molar-refractivity contribution in [1.29, 1.82) is 0 Å². The summed E-state index contributed by atoms with van der Waals surface area (Å²) in [6.45, 7) is 4.02. The molecule has 0 spiro atoms. The van der Waals surface area contributed by atoms with Gasteiger partial charge in [-0.15, -0.1) is 0 Å². The van der Waals surface area contributed by atoms with Crippen molar-refractivity contribution in [2.24, 2.45) is 10.9 Å². The maximum atomic E-state index is 8.42. The van der Waals surface area contributed by atoms with Crippen molar-refractivity contribution in [3.63, 3.8) is 0 Å². The molecule has 0 saturated carbocycles. The molecule has 5 nitrogen and oxygen atoms in total. The minimum Gasteiger partial charge on any atom is -0.409 e. The third kappa shape index (κ3) is 2.14. The lowest BCUT2D eigenvalue weighted by molar-refractivity contribution is 0.318. The minimum absolute atomic E-state index is 0.00398. The number of oxime groups is 1. The molecule has 1 aromatic rings. The Bertz CT molecular complexity index is 322. The average Bonchev–Trinajstić information content (AvgIpc) is 2.17. The number of hydrogen-bond acceptors (Lipinski definition) is 4. The summed E-state index contributed by atoms with van der Waals surface area (Å²) >= 11 is 0. The summed E-state index contributed by atoms with van der Waals surface area (Å²) in [5, 5.41) is 11.3. The minimum atomic E-state index is 0.00398. The molecule has 0 unspecified atom stereocenters. The van der Waals surface area contributed by atoms with Crippen LogP contribution in [0.4, 0.5) is 0 Å². The number of nitrogens with two attached hydrogens (primary N) is 1. The highest BCUT2D eigenvalue weighted by atomic mass is 16.4. The first-order valence-corrected chi connectivity index (χ1v) is 3.95. The third-order valence-corrected chi connectivity index (χ3v) is 1.65. The summed E-state index contributed by atoms with van der Waals surface area (Å²) in [4.78, 5) is 7.92. The van der Waals surface area contributed by atoms with Gasteiger partial charge in [-0.25, -0.2) is 9.97 Å². The van der Waals surface area contributed by atoms with Gasteiger partial charge in [0.05, 0.1) is 0 Å². The molecular formula is C8H12N4O. The fraction of sp³-hybridized carbons (Fsp3) is 0.375. The van der Waals surface area contributed by atoms with Gasteiger partial charge >= 0.3 is 0 Å². The van der Waals surface area contributed by atoms with Crippen molar-refractivity contribution in [3.8, 4) is 0 Å². The normalized spacial score (nSPS) is 12.1. The Kier molecular flexibility index (Phi) is 2.79. The van der Waals surface area contributed by atoms with Crippen LogP contribution in [0.25, 0.3) is 0 Å². The third-order valence-electron chi connectivity index (χ3n) is 1.65. The van der Waals surface area contributed by atoms with Gasteiger partial charge < -0.3 is 10.9 Å². The molecule has 0 atom stereocenters. The van der Waals surface area contributed by atoms with Crippen LogP contribution >= 0.6 is 0 Å². The monoisotopic (exact) mass is 180 g/mol. The number of aromatic nitrogens is 2. The van der Waals surface area contributed by atoms with Crippen molar-refractivity contribution in [1.82, 2.24) is 9.97 Å². The average molecular weight is 180 g/mol. The first-order valence-electron chi connectivity index (χ1n) is 3.95. The van der Waals surface area contributed by atoms with E-state index in [-0.39, 0.29) is 5.84 Å². The van der Waals surface area contributed by atoms with Crippen LogP contribution in [0.5, 0.6) is 0 Å². The van der Waals surface area contributed by atoms with Gasteiger partial charge in [0.15, 0.2) is 5.84 Å². The Hall–Kier alpha value is -1.65. The molecule has 70 valence electrons. The Labute approximate surface area is 76.3 Å². The van der Waals surface area contributed by atoms with Crippen LogP contribution in [-0.2, 0) is 0 Å². The predicted molar refractivity (Wildman–Crippen MR) is 48.6 cm³/mol. The smallest absolute Gasteiger partial charge is 0.188 e. The van der Waals surface area contributed by atoms with E-state index in [1.165, 1.54) is 6.33 Å². The topological polar surface area (TPSA) is 84.4 Å². The lowest BCUT2D eigenvalue weighted by Gasteiger charge is -2.04. The number of hydrogen-bond donors (Lipinski definition) is 2. The van der Waals surface area contributed by atoms with E-state index in [1.54, 1.807) is 6.07 Å². The standard InChI is InChI=1S/C8H12N4O/c1-5(2)6-3-7(8(9)12-13)11-4-10-6/h3-5,13H,1-2H3,(H2,9,12). The molecule has 1 heterocycles. The molecule has 13 heavy (non-hydrogen) atoms. The Morgan fingerprint density at radius 1 is 1.54 bits per heavy atom. The van der Waals surface area contributed by atoms with Crippen LogP contribution in [0, 0.1) is 0 Å². The maximum Gasteiger partial charge on any atom is 0.188 e. The van der Waals surface area contributed by atoms with Crippen LogP contribution < -0.4 is 5.73 Å². The zero-order chi connectivity index (χ0) is 9.84. The number of nitrogens with zero attached hydrogens (tertiary/aromatic N) is 3. The van der Waals surface area contributed by atoms with Crippen molar-refractivity contribution in [2.45, 2.75) is 19.8 Å². The zero-order valence-electron chi connectivity index (χ0n) is 7.60. The van der Waals surface area contributed by atoms with Crippen LogP contribution in [0.2, 0.25) is 0 Å². The highest BCUT2D eigenvalue weighted by Gasteiger charge is 2.05. The van der Waals surface area contributed by atoms with E-state index in [4.69, 9.17) is 10.9 Å². The molecule has 0 aromatic carbocycles. The van der Waals surface area contributed by atoms with E-state index in [9.17, 15) is 0 Å². The fourth-order valence-corrected chi connectivity index (χ4v) is 0.879. The second-order valence-electron chi connectivity index (χ2n) is 2.97. The van der Waals surface area contributed by atoms with Crippen LogP contribution in [0.15, 0.2) is 17.5 Å². The second-order valence-corrected chi connectivity index (χ2v) is 2.97. The van der Waals surface area contributed by atoms with Crippen molar-refractivity contribution >= 4 is 5.84 Å². The lowest BCUT2D eigenvalue weighted by Crippen LogP contribution is -2.15. The maximum absolute atomic E-state index is 8.42. The van der Waals surface area contributed by atoms with Gasteiger partial charge in [-0.2, -0.15) is 0 Å². The van der Waals surface area contributed by atoms with Gasteiger partial charge in [-0.05, 0) is 12.0 Å². The lowest BCUT2D eigenvalue weighted by atomic mass is 10.1. The van der Waals surface area contributed by atoms with Crippen molar-refractivity contribution in [2.75, 3.05) is 0 Å². The quantitative estimate of drug-likeness (QED) is 0.303. The molecule has 0 saturated heterocycles. The highest BCUT2D eigenvalue weighted by molar-refractivity contribution is 5.95. The Balaban J connectivity index is 3.05. The SMILES string of the molecule is CC(C)c1cc(/C(N)=N\O)ncn1. The summed E-state index contributed by atoms with van der Waals surface area (Å²) in [7, 11) is 0. The number of amidine groups is 1. The fourth-order valence-electron chi connectivity index (χ4n) is 0.879. The van der Waals surface area contributed by atoms with Crippen LogP contribution in [0.1, 0.15) is 31.2 Å². The Morgan fingerprint density at radius 2 is 2.23 bits per heavy atom. The molecule has 0 amide bonds. The van der Waals surface area contributed by atoms with E-state index < -0.39 is 0 Å². The largest absolute Gasteiger partial charge is 0.409 e. The van der Waals surface area contributed by atoms with E-state index in [0.29, 0.717) is 11.6 Å². The van der Waals surface area contributed by atoms with Crippen LogP contribution in [0.3, 0.4) is 0 Å². The van der Waals surface area contributed by atoms with Gasteiger partial charge in [-0.1, -0.05) is 19.0 Å². The summed E-state index contributed by atoms with van der Waals surface area (Å²) < 4.78 is 0. The number of rotatable bonds is 2. The van der Waals surface area contributed by atoms with Gasteiger partial charge in [0.25, 0.3) is 0 Å². The van der Waals surface area contributed by atoms with Gasteiger partial charge in [-0.3, -0.25) is 0 Å². The molecule has 0 aliphatic rings. The van der Waals surface area contributed by atoms with Gasteiger partial charge in [0, 0.05) is 5.69 Å².